The maximum absolute atomic E-state index is 12.1. The molecule has 0 saturated carbocycles. The zero-order valence-corrected chi connectivity index (χ0v) is 12.7. The molecule has 0 aromatic heterocycles. The molecule has 2 rings (SSSR count). The van der Waals surface area contributed by atoms with Gasteiger partial charge in [-0.1, -0.05) is 6.08 Å². The Kier molecular flexibility index (Phi) is 5.11. The fourth-order valence-corrected chi connectivity index (χ4v) is 2.15. The topological polar surface area (TPSA) is 46.5 Å². The van der Waals surface area contributed by atoms with Crippen LogP contribution in [-0.2, 0) is 0 Å². The molecule has 0 atom stereocenters. The Balaban J connectivity index is 2.12. The van der Waals surface area contributed by atoms with Crippen molar-refractivity contribution in [1.29, 1.82) is 0 Å². The quantitative estimate of drug-likeness (QED) is 0.652. The number of phenolic OH excluding ortho intramolecular Hbond substituents is 1. The lowest BCUT2D eigenvalue weighted by Crippen LogP contribution is -2.02. The van der Waals surface area contributed by atoms with Crippen LogP contribution < -0.4 is 4.74 Å². The number of hydrogen-bond acceptors (Lipinski definition) is 3. The Bertz CT molecular complexity index is 711. The molecule has 1 N–H and O–H groups in total. The first-order valence-electron chi connectivity index (χ1n) is 6.94. The summed E-state index contributed by atoms with van der Waals surface area (Å²) >= 11 is 0. The van der Waals surface area contributed by atoms with Crippen LogP contribution in [0.3, 0.4) is 0 Å². The van der Waals surface area contributed by atoms with Crippen molar-refractivity contribution < 1.29 is 23.4 Å². The summed E-state index contributed by atoms with van der Waals surface area (Å²) in [4.78, 5) is 12.1. The van der Waals surface area contributed by atoms with Crippen LogP contribution in [0.15, 0.2) is 42.5 Å². The van der Waals surface area contributed by atoms with Gasteiger partial charge in [-0.15, -0.1) is 0 Å². The number of carbonyl (C=O) groups is 1. The Morgan fingerprint density at radius 3 is 2.22 bits per heavy atom. The number of hydrogen-bond donors (Lipinski definition) is 1. The number of alkyl halides is 2. The van der Waals surface area contributed by atoms with Crippen LogP contribution in [0.4, 0.5) is 8.78 Å². The Labute approximate surface area is 132 Å². The Morgan fingerprint density at radius 2 is 1.70 bits per heavy atom. The van der Waals surface area contributed by atoms with Crippen LogP contribution in [0.1, 0.15) is 27.0 Å². The van der Waals surface area contributed by atoms with E-state index in [9.17, 15) is 18.7 Å². The van der Waals surface area contributed by atoms with Gasteiger partial charge in [-0.05, 0) is 73.0 Å². The molecule has 0 radical (unpaired) electrons. The maximum atomic E-state index is 12.1. The van der Waals surface area contributed by atoms with Gasteiger partial charge >= 0.3 is 6.61 Å². The molecule has 0 aliphatic heterocycles. The standard InChI is InChI=1S/C18H16F2O3/c1-11-9-13(10-12(2)17(11)22)3-8-16(21)14-4-6-15(7-5-14)23-18(19)20/h3-10,18,22H,1-2H3/b8-3-. The van der Waals surface area contributed by atoms with Gasteiger partial charge in [0.15, 0.2) is 5.78 Å². The highest BCUT2D eigenvalue weighted by Crippen LogP contribution is 2.23. The summed E-state index contributed by atoms with van der Waals surface area (Å²) in [5.41, 5.74) is 2.62. The number of aryl methyl sites for hydroxylation is 2. The van der Waals surface area contributed by atoms with E-state index >= 15 is 0 Å². The molecule has 0 saturated heterocycles. The molecule has 0 aliphatic carbocycles. The first-order chi connectivity index (χ1) is 10.9. The molecule has 5 heteroatoms. The van der Waals surface area contributed by atoms with Crippen LogP contribution in [0.5, 0.6) is 11.5 Å². The van der Waals surface area contributed by atoms with Gasteiger partial charge in [0.05, 0.1) is 0 Å². The van der Waals surface area contributed by atoms with E-state index in [0.29, 0.717) is 5.56 Å². The van der Waals surface area contributed by atoms with E-state index < -0.39 is 6.61 Å². The zero-order chi connectivity index (χ0) is 17.0. The molecule has 0 unspecified atom stereocenters. The number of aromatic hydroxyl groups is 1. The number of rotatable bonds is 5. The first-order valence-corrected chi connectivity index (χ1v) is 6.94. The van der Waals surface area contributed by atoms with Crippen LogP contribution in [0.25, 0.3) is 6.08 Å². The van der Waals surface area contributed by atoms with Gasteiger partial charge in [0, 0.05) is 5.56 Å². The average molecular weight is 318 g/mol. The van der Waals surface area contributed by atoms with Crippen molar-refractivity contribution in [3.05, 3.63) is 64.7 Å². The van der Waals surface area contributed by atoms with Gasteiger partial charge in [0.1, 0.15) is 11.5 Å². The van der Waals surface area contributed by atoms with Crippen molar-refractivity contribution in [2.45, 2.75) is 20.5 Å². The number of halogens is 2. The fourth-order valence-electron chi connectivity index (χ4n) is 2.15. The van der Waals surface area contributed by atoms with E-state index in [1.165, 1.54) is 30.3 Å². The summed E-state index contributed by atoms with van der Waals surface area (Å²) in [5.74, 6) is -0.00890. The largest absolute Gasteiger partial charge is 0.507 e. The SMILES string of the molecule is Cc1cc(/C=C\C(=O)c2ccc(OC(F)F)cc2)cc(C)c1O. The third-order valence-electron chi connectivity index (χ3n) is 3.30. The van der Waals surface area contributed by atoms with E-state index in [1.807, 2.05) is 0 Å². The number of benzene rings is 2. The number of ketones is 1. The minimum atomic E-state index is -2.89. The van der Waals surface area contributed by atoms with E-state index in [1.54, 1.807) is 32.1 Å². The Morgan fingerprint density at radius 1 is 1.13 bits per heavy atom. The van der Waals surface area contributed by atoms with E-state index in [0.717, 1.165) is 16.7 Å². The molecule has 120 valence electrons. The van der Waals surface area contributed by atoms with Crippen molar-refractivity contribution in [2.24, 2.45) is 0 Å². The summed E-state index contributed by atoms with van der Waals surface area (Å²) in [6.07, 6.45) is 3.04. The number of ether oxygens (including phenoxy) is 1. The zero-order valence-electron chi connectivity index (χ0n) is 12.7. The molecular formula is C18H16F2O3. The molecule has 0 bridgehead atoms. The molecule has 0 fully saturated rings. The number of carbonyl (C=O) groups excluding carboxylic acids is 1. The predicted molar refractivity (Wildman–Crippen MR) is 84.0 cm³/mol. The summed E-state index contributed by atoms with van der Waals surface area (Å²) < 4.78 is 28.4. The van der Waals surface area contributed by atoms with Crippen molar-refractivity contribution >= 4 is 11.9 Å². The van der Waals surface area contributed by atoms with Crippen LogP contribution in [0.2, 0.25) is 0 Å². The number of phenols is 1. The lowest BCUT2D eigenvalue weighted by molar-refractivity contribution is -0.0498. The third-order valence-corrected chi connectivity index (χ3v) is 3.30. The van der Waals surface area contributed by atoms with E-state index in [-0.39, 0.29) is 17.3 Å². The molecule has 0 aliphatic rings. The fraction of sp³-hybridized carbons (Fsp3) is 0.167. The molecule has 0 heterocycles. The molecule has 23 heavy (non-hydrogen) atoms. The van der Waals surface area contributed by atoms with Gasteiger partial charge in [0.25, 0.3) is 0 Å². The summed E-state index contributed by atoms with van der Waals surface area (Å²) in [7, 11) is 0. The molecule has 0 amide bonds. The molecule has 3 nitrogen and oxygen atoms in total. The minimum Gasteiger partial charge on any atom is -0.507 e. The normalized spacial score (nSPS) is 11.2. The van der Waals surface area contributed by atoms with Crippen molar-refractivity contribution in [3.63, 3.8) is 0 Å². The van der Waals surface area contributed by atoms with Crippen LogP contribution in [0, 0.1) is 13.8 Å². The van der Waals surface area contributed by atoms with Gasteiger partial charge in [-0.25, -0.2) is 0 Å². The molecule has 2 aromatic carbocycles. The predicted octanol–water partition coefficient (Wildman–Crippen LogP) is 4.51. The first kappa shape index (κ1) is 16.7. The second-order valence-electron chi connectivity index (χ2n) is 5.10. The van der Waals surface area contributed by atoms with Gasteiger partial charge < -0.3 is 9.84 Å². The van der Waals surface area contributed by atoms with Gasteiger partial charge in [-0.2, -0.15) is 8.78 Å². The molecular weight excluding hydrogens is 302 g/mol. The van der Waals surface area contributed by atoms with E-state index in [2.05, 4.69) is 4.74 Å². The van der Waals surface area contributed by atoms with Crippen molar-refractivity contribution in [2.75, 3.05) is 0 Å². The smallest absolute Gasteiger partial charge is 0.387 e. The highest BCUT2D eigenvalue weighted by atomic mass is 19.3. The second-order valence-corrected chi connectivity index (χ2v) is 5.10. The lowest BCUT2D eigenvalue weighted by Gasteiger charge is -2.05. The maximum Gasteiger partial charge on any atom is 0.387 e. The van der Waals surface area contributed by atoms with Crippen molar-refractivity contribution in [3.8, 4) is 11.5 Å². The lowest BCUT2D eigenvalue weighted by atomic mass is 10.0. The average Bonchev–Trinajstić information content (AvgIpc) is 2.50. The highest BCUT2D eigenvalue weighted by Gasteiger charge is 2.07. The monoisotopic (exact) mass is 318 g/mol. The summed E-state index contributed by atoms with van der Waals surface area (Å²) in [6.45, 7) is 0.671. The van der Waals surface area contributed by atoms with Crippen LogP contribution >= 0.6 is 0 Å². The third kappa shape index (κ3) is 4.39. The van der Waals surface area contributed by atoms with Gasteiger partial charge in [0.2, 0.25) is 0 Å². The highest BCUT2D eigenvalue weighted by molar-refractivity contribution is 6.06. The van der Waals surface area contributed by atoms with Crippen molar-refractivity contribution in [1.82, 2.24) is 0 Å². The minimum absolute atomic E-state index is 0.00492. The van der Waals surface area contributed by atoms with E-state index in [4.69, 9.17) is 0 Å². The molecule has 2 aromatic rings. The number of allylic oxidation sites excluding steroid dienone is 1. The second kappa shape index (κ2) is 7.05. The van der Waals surface area contributed by atoms with Gasteiger partial charge in [-0.3, -0.25) is 4.79 Å². The summed E-state index contributed by atoms with van der Waals surface area (Å²) in [6, 6.07) is 9.04. The Hall–Kier alpha value is -2.69. The molecule has 0 spiro atoms. The van der Waals surface area contributed by atoms with Crippen LogP contribution in [-0.4, -0.2) is 17.5 Å². The summed E-state index contributed by atoms with van der Waals surface area (Å²) in [5, 5.41) is 9.72.